The summed E-state index contributed by atoms with van der Waals surface area (Å²) < 4.78 is 0. The largest absolute Gasteiger partial charge is 0.394 e. The van der Waals surface area contributed by atoms with Gasteiger partial charge in [-0.25, -0.2) is 0 Å². The third-order valence-electron chi connectivity index (χ3n) is 3.23. The minimum Gasteiger partial charge on any atom is -0.394 e. The molecule has 0 aromatic heterocycles. The predicted octanol–water partition coefficient (Wildman–Crippen LogP) is 1.38. The van der Waals surface area contributed by atoms with E-state index in [0.29, 0.717) is 12.1 Å². The maximum Gasteiger partial charge on any atom is 0.313 e. The van der Waals surface area contributed by atoms with Crippen molar-refractivity contribution in [3.05, 3.63) is 29.3 Å². The molecule has 1 atom stereocenters. The van der Waals surface area contributed by atoms with Crippen LogP contribution in [0.1, 0.15) is 31.4 Å². The molecule has 0 heterocycles. The number of anilines is 1. The van der Waals surface area contributed by atoms with Crippen LogP contribution in [0.15, 0.2) is 18.2 Å². The van der Waals surface area contributed by atoms with Gasteiger partial charge in [0, 0.05) is 5.69 Å². The van der Waals surface area contributed by atoms with Crippen LogP contribution in [0, 0.1) is 6.92 Å². The van der Waals surface area contributed by atoms with E-state index in [1.54, 1.807) is 0 Å². The molecule has 3 N–H and O–H groups in total. The van der Waals surface area contributed by atoms with Gasteiger partial charge in [-0.15, -0.1) is 0 Å². The molecule has 5 nitrogen and oxygen atoms in total. The lowest BCUT2D eigenvalue weighted by atomic mass is 10.1. The van der Waals surface area contributed by atoms with Gasteiger partial charge < -0.3 is 15.7 Å². The number of aliphatic hydroxyl groups excluding tert-OH is 1. The zero-order valence-corrected chi connectivity index (χ0v) is 12.2. The molecule has 0 bridgehead atoms. The molecule has 1 rings (SSSR count). The average molecular weight is 278 g/mol. The second-order valence-electron chi connectivity index (χ2n) is 4.68. The van der Waals surface area contributed by atoms with Crippen molar-refractivity contribution in [2.24, 2.45) is 0 Å². The van der Waals surface area contributed by atoms with Crippen LogP contribution in [0.3, 0.4) is 0 Å². The van der Waals surface area contributed by atoms with E-state index in [-0.39, 0.29) is 6.61 Å². The molecule has 110 valence electrons. The number of carbonyl (C=O) groups excluding carboxylic acids is 2. The lowest BCUT2D eigenvalue weighted by Crippen LogP contribution is -2.43. The fraction of sp³-hybridized carbons (Fsp3) is 0.467. The molecule has 1 aromatic rings. The molecular weight excluding hydrogens is 256 g/mol. The van der Waals surface area contributed by atoms with Crippen molar-refractivity contribution in [3.8, 4) is 0 Å². The summed E-state index contributed by atoms with van der Waals surface area (Å²) in [5, 5.41) is 14.2. The third kappa shape index (κ3) is 4.06. The smallest absolute Gasteiger partial charge is 0.313 e. The number of amides is 2. The summed E-state index contributed by atoms with van der Waals surface area (Å²) in [5.74, 6) is -1.43. The van der Waals surface area contributed by atoms with Crippen LogP contribution < -0.4 is 10.6 Å². The van der Waals surface area contributed by atoms with Gasteiger partial charge in [0.25, 0.3) is 0 Å². The Bertz CT molecular complexity index is 482. The van der Waals surface area contributed by atoms with Gasteiger partial charge in [0.15, 0.2) is 0 Å². The first-order valence-electron chi connectivity index (χ1n) is 6.84. The number of aliphatic hydroxyl groups is 1. The summed E-state index contributed by atoms with van der Waals surface area (Å²) in [5.41, 5.74) is 2.59. The molecule has 5 heteroatoms. The molecule has 0 saturated heterocycles. The van der Waals surface area contributed by atoms with Gasteiger partial charge >= 0.3 is 11.8 Å². The quantitative estimate of drug-likeness (QED) is 0.712. The van der Waals surface area contributed by atoms with Gasteiger partial charge in [0.1, 0.15) is 0 Å². The zero-order chi connectivity index (χ0) is 15.1. The Kier molecular flexibility index (Phi) is 6.18. The molecule has 2 amide bonds. The van der Waals surface area contributed by atoms with E-state index >= 15 is 0 Å². The predicted molar refractivity (Wildman–Crippen MR) is 78.5 cm³/mol. The van der Waals surface area contributed by atoms with Gasteiger partial charge in [-0.3, -0.25) is 9.59 Å². The van der Waals surface area contributed by atoms with Crippen LogP contribution in [0.5, 0.6) is 0 Å². The van der Waals surface area contributed by atoms with Crippen molar-refractivity contribution >= 4 is 17.5 Å². The van der Waals surface area contributed by atoms with E-state index in [1.165, 1.54) is 0 Å². The first kappa shape index (κ1) is 16.2. The Morgan fingerprint density at radius 1 is 1.25 bits per heavy atom. The minimum absolute atomic E-state index is 0.180. The number of para-hydroxylation sites is 1. The van der Waals surface area contributed by atoms with Crippen LogP contribution in [-0.2, 0) is 16.0 Å². The number of hydrogen-bond donors (Lipinski definition) is 3. The Labute approximate surface area is 119 Å². The lowest BCUT2D eigenvalue weighted by Gasteiger charge is -2.15. The topological polar surface area (TPSA) is 78.4 Å². The van der Waals surface area contributed by atoms with Crippen molar-refractivity contribution < 1.29 is 14.7 Å². The lowest BCUT2D eigenvalue weighted by molar-refractivity contribution is -0.136. The van der Waals surface area contributed by atoms with Crippen molar-refractivity contribution in [2.75, 3.05) is 11.9 Å². The standard InChI is InChI=1S/C15H22N2O3/c1-4-11-8-6-7-10(3)13(11)17-15(20)14(19)16-12(5-2)9-18/h6-8,12,18H,4-5,9H2,1-3H3,(H,16,19)(H,17,20). The van der Waals surface area contributed by atoms with E-state index in [2.05, 4.69) is 10.6 Å². The zero-order valence-electron chi connectivity index (χ0n) is 12.2. The van der Waals surface area contributed by atoms with E-state index in [4.69, 9.17) is 5.11 Å². The molecule has 0 aliphatic rings. The van der Waals surface area contributed by atoms with Crippen LogP contribution in [0.4, 0.5) is 5.69 Å². The number of aryl methyl sites for hydroxylation is 2. The first-order chi connectivity index (χ1) is 9.53. The van der Waals surface area contributed by atoms with Crippen LogP contribution in [0.2, 0.25) is 0 Å². The molecule has 0 spiro atoms. The van der Waals surface area contributed by atoms with Crippen molar-refractivity contribution in [3.63, 3.8) is 0 Å². The van der Waals surface area contributed by atoms with Crippen LogP contribution in [0.25, 0.3) is 0 Å². The van der Waals surface area contributed by atoms with E-state index in [1.807, 2.05) is 39.0 Å². The molecular formula is C15H22N2O3. The van der Waals surface area contributed by atoms with Gasteiger partial charge in [-0.2, -0.15) is 0 Å². The third-order valence-corrected chi connectivity index (χ3v) is 3.23. The summed E-state index contributed by atoms with van der Waals surface area (Å²) in [7, 11) is 0. The van der Waals surface area contributed by atoms with Crippen LogP contribution in [-0.4, -0.2) is 29.6 Å². The van der Waals surface area contributed by atoms with Gasteiger partial charge in [-0.1, -0.05) is 32.0 Å². The number of nitrogens with one attached hydrogen (secondary N) is 2. The second-order valence-corrected chi connectivity index (χ2v) is 4.68. The molecule has 0 saturated carbocycles. The number of rotatable bonds is 5. The average Bonchev–Trinajstić information content (AvgIpc) is 2.46. The van der Waals surface area contributed by atoms with E-state index in [9.17, 15) is 9.59 Å². The summed E-state index contributed by atoms with van der Waals surface area (Å²) in [6.07, 6.45) is 1.34. The Hall–Kier alpha value is -1.88. The summed E-state index contributed by atoms with van der Waals surface area (Å²) in [6.45, 7) is 5.52. The van der Waals surface area contributed by atoms with Gasteiger partial charge in [-0.05, 0) is 30.9 Å². The highest BCUT2D eigenvalue weighted by Gasteiger charge is 2.18. The van der Waals surface area contributed by atoms with E-state index in [0.717, 1.165) is 17.5 Å². The summed E-state index contributed by atoms with van der Waals surface area (Å²) in [4.78, 5) is 23.6. The molecule has 0 fully saturated rings. The highest BCUT2D eigenvalue weighted by Crippen LogP contribution is 2.20. The van der Waals surface area contributed by atoms with Gasteiger partial charge in [0.2, 0.25) is 0 Å². The minimum atomic E-state index is -0.726. The monoisotopic (exact) mass is 278 g/mol. The number of carbonyl (C=O) groups is 2. The molecule has 0 aliphatic carbocycles. The fourth-order valence-corrected chi connectivity index (χ4v) is 1.90. The maximum absolute atomic E-state index is 11.9. The van der Waals surface area contributed by atoms with E-state index < -0.39 is 17.9 Å². The molecule has 0 radical (unpaired) electrons. The number of hydrogen-bond acceptors (Lipinski definition) is 3. The molecule has 1 aromatic carbocycles. The van der Waals surface area contributed by atoms with Gasteiger partial charge in [0.05, 0.1) is 12.6 Å². The van der Waals surface area contributed by atoms with Crippen molar-refractivity contribution in [2.45, 2.75) is 39.7 Å². The Morgan fingerprint density at radius 3 is 2.50 bits per heavy atom. The Balaban J connectivity index is 2.78. The SMILES string of the molecule is CCc1cccc(C)c1NC(=O)C(=O)NC(CC)CO. The summed E-state index contributed by atoms with van der Waals surface area (Å²) in [6, 6.07) is 5.33. The molecule has 0 aliphatic heterocycles. The Morgan fingerprint density at radius 2 is 1.95 bits per heavy atom. The van der Waals surface area contributed by atoms with Crippen molar-refractivity contribution in [1.29, 1.82) is 0 Å². The number of benzene rings is 1. The summed E-state index contributed by atoms with van der Waals surface area (Å²) >= 11 is 0. The van der Waals surface area contributed by atoms with Crippen molar-refractivity contribution in [1.82, 2.24) is 5.32 Å². The highest BCUT2D eigenvalue weighted by atomic mass is 16.3. The molecule has 1 unspecified atom stereocenters. The van der Waals surface area contributed by atoms with Crippen LogP contribution >= 0.6 is 0 Å². The maximum atomic E-state index is 11.9. The first-order valence-corrected chi connectivity index (χ1v) is 6.84. The fourth-order valence-electron chi connectivity index (χ4n) is 1.90. The highest BCUT2D eigenvalue weighted by molar-refractivity contribution is 6.39. The molecule has 20 heavy (non-hydrogen) atoms. The second kappa shape index (κ2) is 7.65. The normalized spacial score (nSPS) is 11.8.